The zero-order valence-electron chi connectivity index (χ0n) is 16.9. The third-order valence-corrected chi connectivity index (χ3v) is 7.46. The molecule has 2 amide bonds. The molecule has 0 spiro atoms. The van der Waals surface area contributed by atoms with E-state index in [-0.39, 0.29) is 47.4 Å². The highest BCUT2D eigenvalue weighted by atomic mass is 32.2. The van der Waals surface area contributed by atoms with Gasteiger partial charge in [-0.1, -0.05) is 6.07 Å². The van der Waals surface area contributed by atoms with Crippen molar-refractivity contribution in [2.24, 2.45) is 0 Å². The Labute approximate surface area is 180 Å². The van der Waals surface area contributed by atoms with E-state index in [2.05, 4.69) is 10.6 Å². The maximum atomic E-state index is 13.3. The Hall–Kier alpha value is -2.78. The fraction of sp³-hybridized carbons (Fsp3) is 0.364. The number of nitrogens with zero attached hydrogens (tertiary/aromatic N) is 1. The first-order valence-corrected chi connectivity index (χ1v) is 11.7. The molecule has 1 aliphatic heterocycles. The molecule has 31 heavy (non-hydrogen) atoms. The van der Waals surface area contributed by atoms with Gasteiger partial charge >= 0.3 is 0 Å². The second kappa shape index (κ2) is 8.76. The Balaban J connectivity index is 1.34. The minimum absolute atomic E-state index is 0.137. The molecule has 2 aromatic carbocycles. The van der Waals surface area contributed by atoms with Crippen LogP contribution >= 0.6 is 0 Å². The molecule has 1 aliphatic carbocycles. The van der Waals surface area contributed by atoms with E-state index in [4.69, 9.17) is 0 Å². The Bertz CT molecular complexity index is 1080. The van der Waals surface area contributed by atoms with Gasteiger partial charge in [-0.3, -0.25) is 9.59 Å². The van der Waals surface area contributed by atoms with Crippen molar-refractivity contribution in [3.05, 3.63) is 65.5 Å². The number of hydrogen-bond acceptors (Lipinski definition) is 4. The molecule has 2 aliphatic rings. The van der Waals surface area contributed by atoms with Crippen molar-refractivity contribution in [2.75, 3.05) is 13.1 Å². The minimum atomic E-state index is -3.69. The third kappa shape index (κ3) is 5.11. The molecule has 0 unspecified atom stereocenters. The van der Waals surface area contributed by atoms with Gasteiger partial charge in [0, 0.05) is 36.3 Å². The van der Waals surface area contributed by atoms with E-state index in [9.17, 15) is 22.4 Å². The quantitative estimate of drug-likeness (QED) is 0.713. The Morgan fingerprint density at radius 1 is 0.839 bits per heavy atom. The first-order chi connectivity index (χ1) is 14.8. The van der Waals surface area contributed by atoms with Crippen molar-refractivity contribution < 1.29 is 22.4 Å². The molecule has 2 fully saturated rings. The highest BCUT2D eigenvalue weighted by Crippen LogP contribution is 2.23. The number of sulfonamides is 1. The standard InChI is InChI=1S/C22H24FN3O4S/c23-17-3-1-2-16(14-17)22(28)25-19-10-12-26(13-11-19)31(29,30)20-8-4-15(5-9-20)21(27)24-18-6-7-18/h1-5,8-9,14,18-19H,6-7,10-13H2,(H,24,27)(H,25,28). The molecule has 1 saturated carbocycles. The van der Waals surface area contributed by atoms with Crippen molar-refractivity contribution >= 4 is 21.8 Å². The molecule has 9 heteroatoms. The molecule has 0 radical (unpaired) electrons. The van der Waals surface area contributed by atoms with Crippen LogP contribution in [0.5, 0.6) is 0 Å². The summed E-state index contributed by atoms with van der Waals surface area (Å²) in [6.45, 7) is 0.528. The predicted molar refractivity (Wildman–Crippen MR) is 113 cm³/mol. The van der Waals surface area contributed by atoms with Gasteiger partial charge in [0.05, 0.1) is 4.90 Å². The predicted octanol–water partition coefficient (Wildman–Crippen LogP) is 2.30. The van der Waals surface area contributed by atoms with Crippen LogP contribution in [0.15, 0.2) is 53.4 Å². The fourth-order valence-corrected chi connectivity index (χ4v) is 5.03. The van der Waals surface area contributed by atoms with E-state index in [0.717, 1.165) is 12.8 Å². The Morgan fingerprint density at radius 3 is 2.00 bits per heavy atom. The molecule has 0 atom stereocenters. The first kappa shape index (κ1) is 21.5. The number of halogens is 1. The second-order valence-electron chi connectivity index (χ2n) is 7.93. The van der Waals surface area contributed by atoms with Crippen LogP contribution in [-0.2, 0) is 10.0 Å². The number of piperidine rings is 1. The van der Waals surface area contributed by atoms with Gasteiger partial charge in [0.25, 0.3) is 11.8 Å². The van der Waals surface area contributed by atoms with Crippen LogP contribution in [0.1, 0.15) is 46.4 Å². The number of amides is 2. The summed E-state index contributed by atoms with van der Waals surface area (Å²) in [5, 5.41) is 5.72. The van der Waals surface area contributed by atoms with E-state index in [1.54, 1.807) is 0 Å². The molecule has 0 bridgehead atoms. The lowest BCUT2D eigenvalue weighted by Crippen LogP contribution is -2.46. The Morgan fingerprint density at radius 2 is 1.42 bits per heavy atom. The van der Waals surface area contributed by atoms with Crippen molar-refractivity contribution in [3.8, 4) is 0 Å². The van der Waals surface area contributed by atoms with Crippen LogP contribution < -0.4 is 10.6 Å². The van der Waals surface area contributed by atoms with E-state index in [1.807, 2.05) is 0 Å². The second-order valence-corrected chi connectivity index (χ2v) is 9.87. The van der Waals surface area contributed by atoms with Crippen molar-refractivity contribution in [2.45, 2.75) is 42.7 Å². The average molecular weight is 446 g/mol. The summed E-state index contributed by atoms with van der Waals surface area (Å²) >= 11 is 0. The molecule has 2 N–H and O–H groups in total. The smallest absolute Gasteiger partial charge is 0.251 e. The van der Waals surface area contributed by atoms with Gasteiger partial charge in [-0.2, -0.15) is 4.31 Å². The van der Waals surface area contributed by atoms with E-state index >= 15 is 0 Å². The number of rotatable bonds is 6. The summed E-state index contributed by atoms with van der Waals surface area (Å²) in [6.07, 6.45) is 2.89. The molecule has 7 nitrogen and oxygen atoms in total. The molecule has 164 valence electrons. The number of nitrogens with one attached hydrogen (secondary N) is 2. The van der Waals surface area contributed by atoms with E-state index in [0.29, 0.717) is 18.4 Å². The maximum absolute atomic E-state index is 13.3. The lowest BCUT2D eigenvalue weighted by Gasteiger charge is -2.31. The third-order valence-electron chi connectivity index (χ3n) is 5.54. The van der Waals surface area contributed by atoms with Gasteiger partial charge in [-0.25, -0.2) is 12.8 Å². The molecule has 1 heterocycles. The summed E-state index contributed by atoms with van der Waals surface area (Å²) in [6, 6.07) is 11.5. The fourth-order valence-electron chi connectivity index (χ4n) is 3.56. The molecule has 4 rings (SSSR count). The van der Waals surface area contributed by atoms with Crippen LogP contribution in [0.3, 0.4) is 0 Å². The van der Waals surface area contributed by atoms with Crippen LogP contribution in [0.4, 0.5) is 4.39 Å². The van der Waals surface area contributed by atoms with Crippen LogP contribution in [0, 0.1) is 5.82 Å². The molecular formula is C22H24FN3O4S. The summed E-state index contributed by atoms with van der Waals surface area (Å²) in [5.74, 6) is -1.05. The maximum Gasteiger partial charge on any atom is 0.251 e. The summed E-state index contributed by atoms with van der Waals surface area (Å²) in [5.41, 5.74) is 0.672. The van der Waals surface area contributed by atoms with Gasteiger partial charge in [-0.05, 0) is 68.1 Å². The molecular weight excluding hydrogens is 421 g/mol. The number of benzene rings is 2. The van der Waals surface area contributed by atoms with Gasteiger partial charge < -0.3 is 10.6 Å². The average Bonchev–Trinajstić information content (AvgIpc) is 3.58. The van der Waals surface area contributed by atoms with Gasteiger partial charge in [0.15, 0.2) is 0 Å². The number of hydrogen-bond donors (Lipinski definition) is 2. The first-order valence-electron chi connectivity index (χ1n) is 10.3. The molecule has 0 aromatic heterocycles. The summed E-state index contributed by atoms with van der Waals surface area (Å²) in [7, 11) is -3.69. The van der Waals surface area contributed by atoms with Crippen molar-refractivity contribution in [1.82, 2.24) is 14.9 Å². The topological polar surface area (TPSA) is 95.6 Å². The summed E-state index contributed by atoms with van der Waals surface area (Å²) < 4.78 is 40.6. The van der Waals surface area contributed by atoms with Gasteiger partial charge in [-0.15, -0.1) is 0 Å². The van der Waals surface area contributed by atoms with Crippen LogP contribution in [0.25, 0.3) is 0 Å². The lowest BCUT2D eigenvalue weighted by molar-refractivity contribution is 0.0920. The Kier molecular flexibility index (Phi) is 6.06. The molecule has 1 saturated heterocycles. The largest absolute Gasteiger partial charge is 0.349 e. The van der Waals surface area contributed by atoms with Crippen LogP contribution in [0.2, 0.25) is 0 Å². The van der Waals surface area contributed by atoms with E-state index in [1.165, 1.54) is 52.8 Å². The van der Waals surface area contributed by atoms with Gasteiger partial charge in [0.1, 0.15) is 5.82 Å². The van der Waals surface area contributed by atoms with Crippen molar-refractivity contribution in [1.29, 1.82) is 0 Å². The SMILES string of the molecule is O=C(NC1CC1)c1ccc(S(=O)(=O)N2CCC(NC(=O)c3cccc(F)c3)CC2)cc1. The van der Waals surface area contributed by atoms with Crippen LogP contribution in [-0.4, -0.2) is 49.7 Å². The lowest BCUT2D eigenvalue weighted by atomic mass is 10.1. The normalized spacial score (nSPS) is 17.8. The number of carbonyl (C=O) groups excluding carboxylic acids is 2. The highest BCUT2D eigenvalue weighted by Gasteiger charge is 2.30. The summed E-state index contributed by atoms with van der Waals surface area (Å²) in [4.78, 5) is 24.5. The van der Waals surface area contributed by atoms with E-state index < -0.39 is 15.8 Å². The van der Waals surface area contributed by atoms with Gasteiger partial charge in [0.2, 0.25) is 10.0 Å². The highest BCUT2D eigenvalue weighted by molar-refractivity contribution is 7.89. The zero-order valence-corrected chi connectivity index (χ0v) is 17.7. The minimum Gasteiger partial charge on any atom is -0.349 e. The monoisotopic (exact) mass is 445 g/mol. The molecule has 2 aromatic rings. The van der Waals surface area contributed by atoms with Crippen molar-refractivity contribution in [3.63, 3.8) is 0 Å². The number of carbonyl (C=O) groups is 2. The zero-order chi connectivity index (χ0) is 22.0.